The van der Waals surface area contributed by atoms with Crippen LogP contribution in [0.15, 0.2) is 35.7 Å². The number of benzene rings is 1. The number of nitrogens with one attached hydrogen (secondary N) is 3. The fraction of sp³-hybridized carbons (Fsp3) is 0.421. The summed E-state index contributed by atoms with van der Waals surface area (Å²) in [6.45, 7) is 7.85. The van der Waals surface area contributed by atoms with Crippen LogP contribution < -0.4 is 15.1 Å². The van der Waals surface area contributed by atoms with Gasteiger partial charge in [0.2, 0.25) is 0 Å². The van der Waals surface area contributed by atoms with Crippen LogP contribution in [-0.2, 0) is 11.3 Å². The number of thiophene rings is 1. The van der Waals surface area contributed by atoms with Crippen molar-refractivity contribution in [2.75, 3.05) is 32.7 Å². The summed E-state index contributed by atoms with van der Waals surface area (Å²) in [6.07, 6.45) is 0. The van der Waals surface area contributed by atoms with E-state index < -0.39 is 0 Å². The summed E-state index contributed by atoms with van der Waals surface area (Å²) in [5.74, 6) is 0.0697. The maximum Gasteiger partial charge on any atom is 0.275 e. The summed E-state index contributed by atoms with van der Waals surface area (Å²) in [6, 6.07) is 9.56. The van der Waals surface area contributed by atoms with E-state index in [1.807, 2.05) is 24.3 Å². The molecule has 1 aromatic heterocycles. The molecule has 1 aliphatic heterocycles. The molecule has 7 heteroatoms. The van der Waals surface area contributed by atoms with Crippen LogP contribution >= 0.6 is 34.5 Å². The van der Waals surface area contributed by atoms with E-state index in [-0.39, 0.29) is 11.9 Å². The Labute approximate surface area is 168 Å². The zero-order valence-corrected chi connectivity index (χ0v) is 17.2. The van der Waals surface area contributed by atoms with Crippen molar-refractivity contribution in [1.29, 1.82) is 0 Å². The Kier molecular flexibility index (Phi) is 6.95. The van der Waals surface area contributed by atoms with Crippen molar-refractivity contribution in [2.24, 2.45) is 0 Å². The second kappa shape index (κ2) is 9.20. The highest BCUT2D eigenvalue weighted by Gasteiger charge is 2.25. The highest BCUT2D eigenvalue weighted by Crippen LogP contribution is 2.25. The van der Waals surface area contributed by atoms with Crippen LogP contribution in [0.5, 0.6) is 0 Å². The summed E-state index contributed by atoms with van der Waals surface area (Å²) >= 11 is 14.0. The van der Waals surface area contributed by atoms with Crippen LogP contribution in [0.3, 0.4) is 0 Å². The van der Waals surface area contributed by atoms with Gasteiger partial charge in [-0.25, -0.2) is 0 Å². The third-order valence-electron chi connectivity index (χ3n) is 4.89. The van der Waals surface area contributed by atoms with Gasteiger partial charge in [0.1, 0.15) is 32.7 Å². The molecule has 0 saturated carbocycles. The fourth-order valence-corrected chi connectivity index (χ4v) is 4.77. The van der Waals surface area contributed by atoms with Gasteiger partial charge in [0, 0.05) is 10.0 Å². The zero-order chi connectivity index (χ0) is 18.5. The average Bonchev–Trinajstić information content (AvgIpc) is 3.09. The van der Waals surface area contributed by atoms with Crippen molar-refractivity contribution in [3.63, 3.8) is 0 Å². The normalized spacial score (nSPS) is 21.3. The van der Waals surface area contributed by atoms with Gasteiger partial charge in [0.15, 0.2) is 6.54 Å². The number of piperazine rings is 1. The molecule has 26 heavy (non-hydrogen) atoms. The van der Waals surface area contributed by atoms with Gasteiger partial charge >= 0.3 is 0 Å². The summed E-state index contributed by atoms with van der Waals surface area (Å²) < 4.78 is 0. The van der Waals surface area contributed by atoms with Crippen molar-refractivity contribution < 1.29 is 14.6 Å². The van der Waals surface area contributed by atoms with E-state index in [2.05, 4.69) is 22.8 Å². The van der Waals surface area contributed by atoms with Crippen LogP contribution in [0.2, 0.25) is 10.0 Å². The number of carbonyl (C=O) groups is 1. The predicted molar refractivity (Wildman–Crippen MR) is 107 cm³/mol. The van der Waals surface area contributed by atoms with Crippen molar-refractivity contribution in [3.05, 3.63) is 56.2 Å². The Morgan fingerprint density at radius 1 is 1.19 bits per heavy atom. The van der Waals surface area contributed by atoms with Crippen molar-refractivity contribution in [1.82, 2.24) is 5.32 Å². The SMILES string of the molecule is C[C@H](NC(=O)C[NH+]1CC[NH+](Cc2cccs2)CC1)c1ccc(Cl)cc1Cl. The van der Waals surface area contributed by atoms with Gasteiger partial charge in [-0.3, -0.25) is 4.79 Å². The number of hydrogen-bond donors (Lipinski definition) is 3. The molecule has 1 aromatic carbocycles. The van der Waals surface area contributed by atoms with Crippen LogP contribution in [0, 0.1) is 0 Å². The van der Waals surface area contributed by atoms with Crippen LogP contribution in [0.4, 0.5) is 0 Å². The highest BCUT2D eigenvalue weighted by molar-refractivity contribution is 7.09. The first-order valence-electron chi connectivity index (χ1n) is 8.95. The van der Waals surface area contributed by atoms with E-state index >= 15 is 0 Å². The molecular formula is C19H25Cl2N3OS+2. The van der Waals surface area contributed by atoms with Gasteiger partial charge in [0.25, 0.3) is 5.91 Å². The largest absolute Gasteiger partial charge is 0.345 e. The minimum atomic E-state index is -0.127. The monoisotopic (exact) mass is 413 g/mol. The molecule has 1 fully saturated rings. The molecule has 0 spiro atoms. The molecule has 0 radical (unpaired) electrons. The standard InChI is InChI=1S/C19H23Cl2N3OS/c1-14(17-5-4-15(20)11-18(17)21)22-19(25)13-24-8-6-23(7-9-24)12-16-3-2-10-26-16/h2-5,10-11,14H,6-9,12-13H2,1H3,(H,22,25)/p+2/t14-/m0/s1. The van der Waals surface area contributed by atoms with Gasteiger partial charge in [0.05, 0.1) is 10.9 Å². The Hall–Kier alpha value is -1.11. The van der Waals surface area contributed by atoms with Crippen molar-refractivity contribution >= 4 is 40.4 Å². The lowest BCUT2D eigenvalue weighted by atomic mass is 10.1. The number of carbonyl (C=O) groups excluding carboxylic acids is 1. The molecule has 3 N–H and O–H groups in total. The molecule has 0 unspecified atom stereocenters. The molecule has 0 bridgehead atoms. The lowest BCUT2D eigenvalue weighted by Gasteiger charge is -2.29. The maximum absolute atomic E-state index is 12.4. The topological polar surface area (TPSA) is 38.0 Å². The second-order valence-electron chi connectivity index (χ2n) is 6.89. The summed E-state index contributed by atoms with van der Waals surface area (Å²) in [5, 5.41) is 6.38. The molecule has 3 rings (SSSR count). The second-order valence-corrected chi connectivity index (χ2v) is 8.76. The van der Waals surface area contributed by atoms with E-state index in [9.17, 15) is 4.79 Å². The van der Waals surface area contributed by atoms with Gasteiger partial charge in [-0.2, -0.15) is 0 Å². The molecular weight excluding hydrogens is 389 g/mol. The first kappa shape index (κ1) is 19.6. The maximum atomic E-state index is 12.4. The zero-order valence-electron chi connectivity index (χ0n) is 14.9. The van der Waals surface area contributed by atoms with Gasteiger partial charge in [-0.1, -0.05) is 35.3 Å². The van der Waals surface area contributed by atoms with E-state index in [0.717, 1.165) is 38.3 Å². The van der Waals surface area contributed by atoms with E-state index in [4.69, 9.17) is 23.2 Å². The lowest BCUT2D eigenvalue weighted by molar-refractivity contribution is -1.01. The van der Waals surface area contributed by atoms with Crippen LogP contribution in [0.25, 0.3) is 0 Å². The Bertz CT molecular complexity index is 730. The highest BCUT2D eigenvalue weighted by atomic mass is 35.5. The Morgan fingerprint density at radius 2 is 1.92 bits per heavy atom. The minimum absolute atomic E-state index is 0.0697. The molecule has 1 aliphatic rings. The van der Waals surface area contributed by atoms with E-state index in [0.29, 0.717) is 16.6 Å². The number of hydrogen-bond acceptors (Lipinski definition) is 2. The van der Waals surface area contributed by atoms with E-state index in [1.54, 1.807) is 17.0 Å². The number of halogens is 2. The molecule has 140 valence electrons. The molecule has 0 aliphatic carbocycles. The third kappa shape index (κ3) is 5.44. The van der Waals surface area contributed by atoms with Gasteiger partial charge in [-0.15, -0.1) is 11.3 Å². The van der Waals surface area contributed by atoms with Crippen molar-refractivity contribution in [2.45, 2.75) is 19.5 Å². The van der Waals surface area contributed by atoms with Crippen LogP contribution in [0.1, 0.15) is 23.4 Å². The van der Waals surface area contributed by atoms with E-state index in [1.165, 1.54) is 9.78 Å². The number of rotatable bonds is 6. The molecule has 1 atom stereocenters. The fourth-order valence-electron chi connectivity index (χ4n) is 3.42. The quantitative estimate of drug-likeness (QED) is 0.654. The predicted octanol–water partition coefficient (Wildman–Crippen LogP) is 1.22. The number of amides is 1. The van der Waals surface area contributed by atoms with Gasteiger partial charge < -0.3 is 15.1 Å². The van der Waals surface area contributed by atoms with Crippen LogP contribution in [-0.4, -0.2) is 38.6 Å². The summed E-state index contributed by atoms with van der Waals surface area (Å²) in [4.78, 5) is 16.8. The molecule has 4 nitrogen and oxygen atoms in total. The summed E-state index contributed by atoms with van der Waals surface area (Å²) in [7, 11) is 0. The molecule has 1 saturated heterocycles. The lowest BCUT2D eigenvalue weighted by Crippen LogP contribution is -3.28. The first-order chi connectivity index (χ1) is 12.5. The summed E-state index contributed by atoms with van der Waals surface area (Å²) in [5.41, 5.74) is 0.893. The molecule has 1 amide bonds. The Balaban J connectivity index is 1.44. The first-order valence-corrected chi connectivity index (χ1v) is 10.6. The minimum Gasteiger partial charge on any atom is -0.345 e. The third-order valence-corrected chi connectivity index (χ3v) is 6.32. The Morgan fingerprint density at radius 3 is 2.58 bits per heavy atom. The molecule has 2 aromatic rings. The number of quaternary nitrogens is 2. The molecule has 2 heterocycles. The van der Waals surface area contributed by atoms with Crippen molar-refractivity contribution in [3.8, 4) is 0 Å². The average molecular weight is 414 g/mol. The van der Waals surface area contributed by atoms with Gasteiger partial charge in [-0.05, 0) is 36.1 Å². The smallest absolute Gasteiger partial charge is 0.275 e.